The number of nitrogens with zero attached hydrogens (tertiary/aromatic N) is 4. The van der Waals surface area contributed by atoms with Crippen molar-refractivity contribution in [2.75, 3.05) is 40.4 Å². The molecule has 0 radical (unpaired) electrons. The predicted octanol–water partition coefficient (Wildman–Crippen LogP) is 2.63. The molecule has 9 heteroatoms. The monoisotopic (exact) mass is 438 g/mol. The van der Waals surface area contributed by atoms with Gasteiger partial charge in [-0.15, -0.1) is 0 Å². The summed E-state index contributed by atoms with van der Waals surface area (Å²) >= 11 is 0. The van der Waals surface area contributed by atoms with Gasteiger partial charge in [0.05, 0.1) is 14.2 Å². The minimum atomic E-state index is -0.420. The van der Waals surface area contributed by atoms with Crippen molar-refractivity contribution in [2.24, 2.45) is 0 Å². The molecule has 1 fully saturated rings. The predicted molar refractivity (Wildman–Crippen MR) is 115 cm³/mol. The maximum absolute atomic E-state index is 14.0. The number of ether oxygens (including phenoxy) is 2. The van der Waals surface area contributed by atoms with Gasteiger partial charge in [-0.25, -0.2) is 9.07 Å². The molecule has 2 aromatic carbocycles. The van der Waals surface area contributed by atoms with Crippen molar-refractivity contribution in [1.29, 1.82) is 0 Å². The second-order valence-corrected chi connectivity index (χ2v) is 7.28. The Balaban J connectivity index is 1.41. The molecule has 1 aliphatic rings. The fourth-order valence-electron chi connectivity index (χ4n) is 3.60. The first-order chi connectivity index (χ1) is 15.5. The Hall–Kier alpha value is -3.88. The van der Waals surface area contributed by atoms with Crippen molar-refractivity contribution in [1.82, 2.24) is 19.6 Å². The summed E-state index contributed by atoms with van der Waals surface area (Å²) in [5.74, 6) is 0.239. The van der Waals surface area contributed by atoms with E-state index in [-0.39, 0.29) is 23.2 Å². The lowest BCUT2D eigenvalue weighted by Gasteiger charge is -2.34. The van der Waals surface area contributed by atoms with E-state index < -0.39 is 5.82 Å². The van der Waals surface area contributed by atoms with E-state index in [1.54, 1.807) is 58.5 Å². The van der Waals surface area contributed by atoms with Crippen molar-refractivity contribution in [2.45, 2.75) is 0 Å². The van der Waals surface area contributed by atoms with E-state index in [4.69, 9.17) is 9.47 Å². The zero-order valence-corrected chi connectivity index (χ0v) is 17.8. The maximum atomic E-state index is 14.0. The van der Waals surface area contributed by atoms with Crippen LogP contribution in [0.5, 0.6) is 11.5 Å². The molecule has 4 rings (SSSR count). The first-order valence-corrected chi connectivity index (χ1v) is 10.1. The Kier molecular flexibility index (Phi) is 6.07. The average Bonchev–Trinajstić information content (AvgIpc) is 3.33. The molecule has 2 amide bonds. The molecule has 0 aliphatic carbocycles. The molecule has 0 saturated carbocycles. The fraction of sp³-hybridized carbons (Fsp3) is 0.261. The third kappa shape index (κ3) is 4.27. The van der Waals surface area contributed by atoms with Gasteiger partial charge in [-0.3, -0.25) is 9.59 Å². The van der Waals surface area contributed by atoms with Crippen molar-refractivity contribution < 1.29 is 23.5 Å². The summed E-state index contributed by atoms with van der Waals surface area (Å²) in [5, 5.41) is 4.23. The van der Waals surface area contributed by atoms with Crippen LogP contribution in [0.3, 0.4) is 0 Å². The van der Waals surface area contributed by atoms with E-state index in [9.17, 15) is 14.0 Å². The summed E-state index contributed by atoms with van der Waals surface area (Å²) in [6.45, 7) is 1.52. The molecular weight excluding hydrogens is 415 g/mol. The van der Waals surface area contributed by atoms with E-state index >= 15 is 0 Å². The highest BCUT2D eigenvalue weighted by molar-refractivity contribution is 5.96. The van der Waals surface area contributed by atoms with Crippen LogP contribution in [0.25, 0.3) is 5.69 Å². The summed E-state index contributed by atoms with van der Waals surface area (Å²) in [4.78, 5) is 29.1. The second-order valence-electron chi connectivity index (χ2n) is 7.28. The summed E-state index contributed by atoms with van der Waals surface area (Å²) in [5.41, 5.74) is 0.964. The highest BCUT2D eigenvalue weighted by Gasteiger charge is 2.27. The van der Waals surface area contributed by atoms with E-state index in [2.05, 4.69) is 5.10 Å². The molecule has 166 valence electrons. The molecule has 0 unspecified atom stereocenters. The number of carbonyl (C=O) groups is 2. The third-order valence-corrected chi connectivity index (χ3v) is 5.36. The van der Waals surface area contributed by atoms with Crippen LogP contribution in [0.2, 0.25) is 0 Å². The third-order valence-electron chi connectivity index (χ3n) is 5.36. The van der Waals surface area contributed by atoms with Gasteiger partial charge in [-0.05, 0) is 30.3 Å². The van der Waals surface area contributed by atoms with Crippen LogP contribution in [0.4, 0.5) is 4.39 Å². The summed E-state index contributed by atoms with van der Waals surface area (Å²) in [7, 11) is 3.06. The first-order valence-electron chi connectivity index (χ1n) is 10.1. The number of rotatable bonds is 5. The van der Waals surface area contributed by atoms with Gasteiger partial charge in [0, 0.05) is 44.0 Å². The molecule has 1 saturated heterocycles. The minimum Gasteiger partial charge on any atom is -0.497 e. The van der Waals surface area contributed by atoms with Crippen LogP contribution >= 0.6 is 0 Å². The van der Waals surface area contributed by atoms with Gasteiger partial charge >= 0.3 is 0 Å². The highest BCUT2D eigenvalue weighted by Crippen LogP contribution is 2.24. The molecule has 8 nitrogen and oxygen atoms in total. The number of para-hydroxylation sites is 1. The molecule has 1 aliphatic heterocycles. The van der Waals surface area contributed by atoms with Crippen molar-refractivity contribution in [3.05, 3.63) is 71.8 Å². The number of hydrogen-bond acceptors (Lipinski definition) is 5. The van der Waals surface area contributed by atoms with Gasteiger partial charge in [0.25, 0.3) is 11.8 Å². The number of benzene rings is 2. The Morgan fingerprint density at radius 3 is 2.06 bits per heavy atom. The van der Waals surface area contributed by atoms with Crippen LogP contribution in [-0.4, -0.2) is 71.8 Å². The normalized spacial score (nSPS) is 13.7. The molecule has 0 spiro atoms. The largest absolute Gasteiger partial charge is 0.497 e. The molecule has 32 heavy (non-hydrogen) atoms. The molecule has 0 bridgehead atoms. The molecular formula is C23H23FN4O4. The van der Waals surface area contributed by atoms with Gasteiger partial charge in [-0.2, -0.15) is 5.10 Å². The van der Waals surface area contributed by atoms with E-state index in [1.807, 2.05) is 0 Å². The van der Waals surface area contributed by atoms with E-state index in [0.29, 0.717) is 43.2 Å². The SMILES string of the molecule is COc1cc(OC)cc(C(=O)N2CCN(C(=O)c3ccn(-c4ccccc4F)n3)CC2)c1. The number of amides is 2. The Morgan fingerprint density at radius 1 is 0.875 bits per heavy atom. The zero-order chi connectivity index (χ0) is 22.7. The fourth-order valence-corrected chi connectivity index (χ4v) is 3.60. The zero-order valence-electron chi connectivity index (χ0n) is 17.8. The molecule has 3 aromatic rings. The first kappa shape index (κ1) is 21.4. The van der Waals surface area contributed by atoms with Crippen LogP contribution in [0, 0.1) is 5.82 Å². The van der Waals surface area contributed by atoms with Crippen LogP contribution in [0.15, 0.2) is 54.7 Å². The number of aromatic nitrogens is 2. The Morgan fingerprint density at radius 2 is 1.47 bits per heavy atom. The van der Waals surface area contributed by atoms with E-state index in [1.165, 1.54) is 25.0 Å². The summed E-state index contributed by atoms with van der Waals surface area (Å²) in [6, 6.07) is 12.8. The van der Waals surface area contributed by atoms with Gasteiger partial charge in [-0.1, -0.05) is 12.1 Å². The van der Waals surface area contributed by atoms with Gasteiger partial charge in [0.15, 0.2) is 5.69 Å². The number of hydrogen-bond donors (Lipinski definition) is 0. The highest BCUT2D eigenvalue weighted by atomic mass is 19.1. The maximum Gasteiger partial charge on any atom is 0.274 e. The number of halogens is 1. The lowest BCUT2D eigenvalue weighted by Crippen LogP contribution is -2.50. The standard InChI is InChI=1S/C23H23FN4O4/c1-31-17-13-16(14-18(15-17)32-2)22(29)26-9-11-27(12-10-26)23(30)20-7-8-28(25-20)21-6-4-3-5-19(21)24/h3-8,13-15H,9-12H2,1-2H3. The van der Waals surface area contributed by atoms with E-state index in [0.717, 1.165) is 0 Å². The Bertz CT molecular complexity index is 1120. The summed E-state index contributed by atoms with van der Waals surface area (Å²) < 4.78 is 25.8. The van der Waals surface area contributed by atoms with Crippen LogP contribution in [0.1, 0.15) is 20.8 Å². The molecule has 2 heterocycles. The molecule has 0 N–H and O–H groups in total. The number of carbonyl (C=O) groups excluding carboxylic acids is 2. The van der Waals surface area contributed by atoms with Crippen LogP contribution in [-0.2, 0) is 0 Å². The van der Waals surface area contributed by atoms with Crippen LogP contribution < -0.4 is 9.47 Å². The number of piperazine rings is 1. The minimum absolute atomic E-state index is 0.155. The molecule has 0 atom stereocenters. The lowest BCUT2D eigenvalue weighted by molar-refractivity contribution is 0.0531. The van der Waals surface area contributed by atoms with Crippen molar-refractivity contribution in [3.63, 3.8) is 0 Å². The number of methoxy groups -OCH3 is 2. The van der Waals surface area contributed by atoms with Crippen molar-refractivity contribution >= 4 is 11.8 Å². The molecule has 1 aromatic heterocycles. The van der Waals surface area contributed by atoms with Gasteiger partial charge < -0.3 is 19.3 Å². The smallest absolute Gasteiger partial charge is 0.274 e. The quantitative estimate of drug-likeness (QED) is 0.612. The van der Waals surface area contributed by atoms with Gasteiger partial charge in [0.2, 0.25) is 0 Å². The van der Waals surface area contributed by atoms with Crippen molar-refractivity contribution in [3.8, 4) is 17.2 Å². The lowest BCUT2D eigenvalue weighted by atomic mass is 10.1. The van der Waals surface area contributed by atoms with Gasteiger partial charge in [0.1, 0.15) is 23.0 Å². The summed E-state index contributed by atoms with van der Waals surface area (Å²) in [6.07, 6.45) is 1.56. The average molecular weight is 438 g/mol. The topological polar surface area (TPSA) is 76.9 Å². The Labute approximate surface area is 184 Å². The second kappa shape index (κ2) is 9.09.